The van der Waals surface area contributed by atoms with Gasteiger partial charge in [0.05, 0.1) is 30.5 Å². The second-order valence-electron chi connectivity index (χ2n) is 3.88. The molecule has 0 aliphatic carbocycles. The Morgan fingerprint density at radius 3 is 2.85 bits per heavy atom. The number of para-hydroxylation sites is 1. The molecule has 0 unspecified atom stereocenters. The number of nitrogens with zero attached hydrogens (tertiary/aromatic N) is 1. The van der Waals surface area contributed by atoms with Crippen molar-refractivity contribution in [1.82, 2.24) is 4.98 Å². The van der Waals surface area contributed by atoms with Crippen LogP contribution in [0.3, 0.4) is 0 Å². The average Bonchev–Trinajstić information content (AvgIpc) is 2.85. The van der Waals surface area contributed by atoms with E-state index in [-0.39, 0.29) is 6.42 Å². The second kappa shape index (κ2) is 6.16. The summed E-state index contributed by atoms with van der Waals surface area (Å²) in [7, 11) is 1.31. The molecule has 0 saturated heterocycles. The molecular weight excluding hydrogens is 280 g/mol. The SMILES string of the molecule is COC(=O)c1ccccc1Nc1nc(CC(=O)O)cs1. The van der Waals surface area contributed by atoms with Crippen LogP contribution in [0.25, 0.3) is 0 Å². The van der Waals surface area contributed by atoms with Crippen LogP contribution in [0.4, 0.5) is 10.8 Å². The summed E-state index contributed by atoms with van der Waals surface area (Å²) < 4.78 is 4.70. The van der Waals surface area contributed by atoms with Crippen LogP contribution in [0.5, 0.6) is 0 Å². The number of rotatable bonds is 5. The smallest absolute Gasteiger partial charge is 0.339 e. The van der Waals surface area contributed by atoms with E-state index < -0.39 is 11.9 Å². The first kappa shape index (κ1) is 14.0. The van der Waals surface area contributed by atoms with E-state index >= 15 is 0 Å². The van der Waals surface area contributed by atoms with E-state index in [1.54, 1.807) is 29.6 Å². The third-order valence-electron chi connectivity index (χ3n) is 2.46. The van der Waals surface area contributed by atoms with Crippen molar-refractivity contribution in [3.63, 3.8) is 0 Å². The third-order valence-corrected chi connectivity index (χ3v) is 3.26. The molecule has 1 aromatic heterocycles. The van der Waals surface area contributed by atoms with Gasteiger partial charge in [0.2, 0.25) is 0 Å². The van der Waals surface area contributed by atoms with Gasteiger partial charge in [-0.05, 0) is 12.1 Å². The van der Waals surface area contributed by atoms with Gasteiger partial charge in [-0.25, -0.2) is 9.78 Å². The maximum absolute atomic E-state index is 11.6. The van der Waals surface area contributed by atoms with Crippen LogP contribution in [0.15, 0.2) is 29.6 Å². The van der Waals surface area contributed by atoms with E-state index in [1.807, 2.05) is 0 Å². The van der Waals surface area contributed by atoms with Gasteiger partial charge in [0.15, 0.2) is 5.13 Å². The summed E-state index contributed by atoms with van der Waals surface area (Å²) >= 11 is 1.28. The number of aromatic nitrogens is 1. The van der Waals surface area contributed by atoms with E-state index in [2.05, 4.69) is 10.3 Å². The van der Waals surface area contributed by atoms with Gasteiger partial charge in [0.25, 0.3) is 0 Å². The minimum atomic E-state index is -0.934. The first-order valence-corrected chi connectivity index (χ1v) is 6.58. The van der Waals surface area contributed by atoms with Crippen LogP contribution >= 0.6 is 11.3 Å². The number of aliphatic carboxylic acids is 1. The minimum absolute atomic E-state index is 0.128. The number of esters is 1. The van der Waals surface area contributed by atoms with Gasteiger partial charge in [0, 0.05) is 5.38 Å². The lowest BCUT2D eigenvalue weighted by Crippen LogP contribution is -2.05. The number of carbonyl (C=O) groups is 2. The van der Waals surface area contributed by atoms with Gasteiger partial charge in [-0.2, -0.15) is 0 Å². The predicted molar refractivity (Wildman–Crippen MR) is 74.5 cm³/mol. The number of carboxylic acid groups (broad SMARTS) is 1. The van der Waals surface area contributed by atoms with Gasteiger partial charge in [0.1, 0.15) is 0 Å². The van der Waals surface area contributed by atoms with Crippen LogP contribution in [-0.2, 0) is 16.0 Å². The average molecular weight is 292 g/mol. The zero-order chi connectivity index (χ0) is 14.5. The molecule has 0 radical (unpaired) electrons. The molecular formula is C13H12N2O4S. The molecule has 0 fully saturated rings. The van der Waals surface area contributed by atoms with Gasteiger partial charge in [-0.3, -0.25) is 4.79 Å². The summed E-state index contributed by atoms with van der Waals surface area (Å²) in [6, 6.07) is 6.88. The molecule has 0 aliphatic rings. The largest absolute Gasteiger partial charge is 0.481 e. The molecule has 0 amide bonds. The first-order chi connectivity index (χ1) is 9.60. The molecule has 0 saturated carbocycles. The van der Waals surface area contributed by atoms with E-state index in [4.69, 9.17) is 9.84 Å². The fraction of sp³-hybridized carbons (Fsp3) is 0.154. The summed E-state index contributed by atoms with van der Waals surface area (Å²) in [4.78, 5) is 26.4. The monoisotopic (exact) mass is 292 g/mol. The lowest BCUT2D eigenvalue weighted by molar-refractivity contribution is -0.136. The molecule has 2 rings (SSSR count). The molecule has 1 aromatic carbocycles. The highest BCUT2D eigenvalue weighted by Gasteiger charge is 2.12. The Labute approximate surface area is 119 Å². The fourth-order valence-corrected chi connectivity index (χ4v) is 2.32. The van der Waals surface area contributed by atoms with Crippen molar-refractivity contribution in [3.05, 3.63) is 40.9 Å². The third kappa shape index (κ3) is 3.33. The number of hydrogen-bond donors (Lipinski definition) is 2. The molecule has 2 N–H and O–H groups in total. The van der Waals surface area contributed by atoms with Gasteiger partial charge < -0.3 is 15.2 Å². The number of nitrogens with one attached hydrogen (secondary N) is 1. The zero-order valence-corrected chi connectivity index (χ0v) is 11.4. The highest BCUT2D eigenvalue weighted by Crippen LogP contribution is 2.24. The topological polar surface area (TPSA) is 88.5 Å². The standard InChI is InChI=1S/C13H12N2O4S/c1-19-12(18)9-4-2-3-5-10(9)15-13-14-8(7-20-13)6-11(16)17/h2-5,7H,6H2,1H3,(H,14,15)(H,16,17). The van der Waals surface area contributed by atoms with E-state index in [9.17, 15) is 9.59 Å². The van der Waals surface area contributed by atoms with Crippen molar-refractivity contribution in [3.8, 4) is 0 Å². The molecule has 0 bridgehead atoms. The van der Waals surface area contributed by atoms with Crippen molar-refractivity contribution < 1.29 is 19.4 Å². The normalized spacial score (nSPS) is 10.1. The van der Waals surface area contributed by atoms with Crippen molar-refractivity contribution in [1.29, 1.82) is 0 Å². The maximum atomic E-state index is 11.6. The molecule has 0 aliphatic heterocycles. The zero-order valence-electron chi connectivity index (χ0n) is 10.6. The highest BCUT2D eigenvalue weighted by molar-refractivity contribution is 7.13. The molecule has 7 heteroatoms. The molecule has 6 nitrogen and oxygen atoms in total. The summed E-state index contributed by atoms with van der Waals surface area (Å²) in [5.74, 6) is -1.38. The maximum Gasteiger partial charge on any atom is 0.339 e. The first-order valence-electron chi connectivity index (χ1n) is 5.70. The van der Waals surface area contributed by atoms with Crippen molar-refractivity contribution >= 4 is 34.1 Å². The Kier molecular flexibility index (Phi) is 4.31. The Morgan fingerprint density at radius 1 is 1.40 bits per heavy atom. The highest BCUT2D eigenvalue weighted by atomic mass is 32.1. The molecule has 104 valence electrons. The number of hydrogen-bond acceptors (Lipinski definition) is 6. The lowest BCUT2D eigenvalue weighted by atomic mass is 10.2. The predicted octanol–water partition coefficient (Wildman–Crippen LogP) is 2.30. The summed E-state index contributed by atoms with van der Waals surface area (Å²) in [5.41, 5.74) is 1.43. The van der Waals surface area contributed by atoms with Crippen molar-refractivity contribution in [2.45, 2.75) is 6.42 Å². The van der Waals surface area contributed by atoms with Crippen LogP contribution in [0, 0.1) is 0 Å². The molecule has 1 heterocycles. The van der Waals surface area contributed by atoms with E-state index in [0.29, 0.717) is 22.1 Å². The number of carboxylic acids is 1. The minimum Gasteiger partial charge on any atom is -0.481 e. The molecule has 0 spiro atoms. The van der Waals surface area contributed by atoms with E-state index in [0.717, 1.165) is 0 Å². The number of ether oxygens (including phenoxy) is 1. The quantitative estimate of drug-likeness (QED) is 0.822. The number of benzene rings is 1. The van der Waals surface area contributed by atoms with Gasteiger partial charge in [-0.15, -0.1) is 11.3 Å². The Balaban J connectivity index is 2.20. The fourth-order valence-electron chi connectivity index (χ4n) is 1.60. The summed E-state index contributed by atoms with van der Waals surface area (Å²) in [5, 5.41) is 13.9. The molecule has 2 aromatic rings. The van der Waals surface area contributed by atoms with Crippen LogP contribution in [0.1, 0.15) is 16.1 Å². The number of methoxy groups -OCH3 is 1. The number of anilines is 2. The summed E-state index contributed by atoms with van der Waals surface area (Å²) in [6.45, 7) is 0. The van der Waals surface area contributed by atoms with E-state index in [1.165, 1.54) is 18.4 Å². The Bertz CT molecular complexity index is 639. The van der Waals surface area contributed by atoms with Crippen LogP contribution in [-0.4, -0.2) is 29.1 Å². The lowest BCUT2D eigenvalue weighted by Gasteiger charge is -2.07. The van der Waals surface area contributed by atoms with Gasteiger partial charge in [-0.1, -0.05) is 12.1 Å². The van der Waals surface area contributed by atoms with Crippen LogP contribution < -0.4 is 5.32 Å². The molecule has 0 atom stereocenters. The van der Waals surface area contributed by atoms with Crippen molar-refractivity contribution in [2.24, 2.45) is 0 Å². The Hall–Kier alpha value is -2.41. The molecule has 20 heavy (non-hydrogen) atoms. The van der Waals surface area contributed by atoms with Crippen molar-refractivity contribution in [2.75, 3.05) is 12.4 Å². The summed E-state index contributed by atoms with van der Waals surface area (Å²) in [6.07, 6.45) is -0.128. The second-order valence-corrected chi connectivity index (χ2v) is 4.73. The van der Waals surface area contributed by atoms with Gasteiger partial charge >= 0.3 is 11.9 Å². The Morgan fingerprint density at radius 2 is 2.15 bits per heavy atom. The number of carbonyl (C=O) groups excluding carboxylic acids is 1. The van der Waals surface area contributed by atoms with Crippen LogP contribution in [0.2, 0.25) is 0 Å². The number of thiazole rings is 1.